The molecule has 4 heteroatoms. The highest BCUT2D eigenvalue weighted by Crippen LogP contribution is 2.53. The van der Waals surface area contributed by atoms with E-state index in [2.05, 4.69) is 69.3 Å². The van der Waals surface area contributed by atoms with Crippen LogP contribution < -0.4 is 0 Å². The molecule has 0 fully saturated rings. The first-order valence-corrected chi connectivity index (χ1v) is 12.3. The number of alkyl halides is 1. The minimum absolute atomic E-state index is 0.170. The van der Waals surface area contributed by atoms with Crippen molar-refractivity contribution >= 4 is 0 Å². The average Bonchev–Trinajstić information content (AvgIpc) is 3.28. The highest BCUT2D eigenvalue weighted by atomic mass is 19.1. The minimum atomic E-state index is -1.45. The lowest BCUT2D eigenvalue weighted by atomic mass is 9.70. The lowest BCUT2D eigenvalue weighted by molar-refractivity contribution is 0.114. The van der Waals surface area contributed by atoms with Crippen molar-refractivity contribution < 1.29 is 4.39 Å². The highest BCUT2D eigenvalue weighted by molar-refractivity contribution is 5.85. The van der Waals surface area contributed by atoms with E-state index in [1.165, 1.54) is 22.3 Å². The number of aryl methyl sites for hydroxylation is 2. The van der Waals surface area contributed by atoms with Crippen LogP contribution in [0.5, 0.6) is 0 Å². The molecule has 0 saturated heterocycles. The predicted octanol–water partition coefficient (Wildman–Crippen LogP) is 7.88. The maximum absolute atomic E-state index is 15.8. The zero-order valence-electron chi connectivity index (χ0n) is 22.0. The molecular weight excluding hydrogens is 433 g/mol. The number of rotatable bonds is 4. The predicted molar refractivity (Wildman–Crippen MR) is 142 cm³/mol. The minimum Gasteiger partial charge on any atom is -0.244 e. The van der Waals surface area contributed by atoms with Crippen LogP contribution in [0, 0.1) is 13.8 Å². The third-order valence-corrected chi connectivity index (χ3v) is 8.18. The second-order valence-electron chi connectivity index (χ2n) is 11.4. The molecule has 35 heavy (non-hydrogen) atoms. The quantitative estimate of drug-likeness (QED) is 0.306. The maximum atomic E-state index is 15.8. The number of hydrogen-bond acceptors (Lipinski definition) is 2. The van der Waals surface area contributed by atoms with Crippen LogP contribution in [0.4, 0.5) is 4.39 Å². The van der Waals surface area contributed by atoms with E-state index in [9.17, 15) is 0 Å². The van der Waals surface area contributed by atoms with Gasteiger partial charge in [-0.05, 0) is 79.3 Å². The molecule has 0 bridgehead atoms. The number of para-hydroxylation sites is 1. The van der Waals surface area contributed by atoms with E-state index in [0.29, 0.717) is 5.82 Å². The molecule has 1 aromatic heterocycles. The zero-order chi connectivity index (χ0) is 25.3. The van der Waals surface area contributed by atoms with Crippen LogP contribution in [0.3, 0.4) is 0 Å². The molecular formula is C31H34FN3. The van der Waals surface area contributed by atoms with Crippen molar-refractivity contribution in [2.24, 2.45) is 0 Å². The normalized spacial score (nSPS) is 14.7. The molecule has 4 aromatic rings. The number of benzene rings is 3. The Labute approximate surface area is 208 Å². The molecule has 0 radical (unpaired) electrons. The van der Waals surface area contributed by atoms with Crippen LogP contribution in [0.1, 0.15) is 69.6 Å². The number of fused-ring (bicyclic) bond motifs is 3. The summed E-state index contributed by atoms with van der Waals surface area (Å²) in [6.07, 6.45) is 0. The van der Waals surface area contributed by atoms with Crippen LogP contribution in [0.2, 0.25) is 0 Å². The molecule has 3 aromatic carbocycles. The molecule has 3 nitrogen and oxygen atoms in total. The van der Waals surface area contributed by atoms with Gasteiger partial charge in [-0.2, -0.15) is 5.10 Å². The monoisotopic (exact) mass is 467 g/mol. The van der Waals surface area contributed by atoms with Crippen LogP contribution in [0.15, 0.2) is 60.7 Å². The first-order valence-electron chi connectivity index (χ1n) is 12.3. The summed E-state index contributed by atoms with van der Waals surface area (Å²) < 4.78 is 17.7. The number of nitrogens with zero attached hydrogens (tertiary/aromatic N) is 3. The van der Waals surface area contributed by atoms with E-state index in [1.54, 1.807) is 13.8 Å². The Morgan fingerprint density at radius 1 is 0.800 bits per heavy atom. The average molecular weight is 468 g/mol. The van der Waals surface area contributed by atoms with Crippen molar-refractivity contribution in [2.75, 3.05) is 0 Å². The molecule has 0 amide bonds. The summed E-state index contributed by atoms with van der Waals surface area (Å²) in [5.41, 5.74) is 6.52. The summed E-state index contributed by atoms with van der Waals surface area (Å²) in [5.74, 6) is 1.44. The van der Waals surface area contributed by atoms with Gasteiger partial charge in [-0.25, -0.2) is 14.1 Å². The Morgan fingerprint density at radius 2 is 1.46 bits per heavy atom. The van der Waals surface area contributed by atoms with E-state index >= 15 is 4.39 Å². The van der Waals surface area contributed by atoms with Gasteiger partial charge in [0.05, 0.1) is 5.69 Å². The molecule has 0 atom stereocenters. The maximum Gasteiger partial charge on any atom is 0.163 e. The van der Waals surface area contributed by atoms with Gasteiger partial charge in [-0.1, -0.05) is 70.2 Å². The van der Waals surface area contributed by atoms with Crippen LogP contribution >= 0.6 is 0 Å². The number of halogens is 1. The molecule has 180 valence electrons. The molecule has 0 saturated carbocycles. The van der Waals surface area contributed by atoms with E-state index < -0.39 is 11.1 Å². The molecule has 1 aliphatic carbocycles. The van der Waals surface area contributed by atoms with Crippen molar-refractivity contribution in [3.8, 4) is 28.2 Å². The van der Waals surface area contributed by atoms with E-state index in [4.69, 9.17) is 10.1 Å². The Kier molecular flexibility index (Phi) is 5.11. The summed E-state index contributed by atoms with van der Waals surface area (Å²) in [4.78, 5) is 4.91. The first-order chi connectivity index (χ1) is 16.3. The fourth-order valence-electron chi connectivity index (χ4n) is 5.33. The van der Waals surface area contributed by atoms with Crippen molar-refractivity contribution in [1.29, 1.82) is 0 Å². The molecule has 0 N–H and O–H groups in total. The van der Waals surface area contributed by atoms with Gasteiger partial charge < -0.3 is 0 Å². The summed E-state index contributed by atoms with van der Waals surface area (Å²) in [7, 11) is 0. The summed E-state index contributed by atoms with van der Waals surface area (Å²) >= 11 is 0. The second kappa shape index (κ2) is 7.61. The van der Waals surface area contributed by atoms with Gasteiger partial charge in [0.25, 0.3) is 0 Å². The Morgan fingerprint density at radius 3 is 2.14 bits per heavy atom. The van der Waals surface area contributed by atoms with Gasteiger partial charge in [0, 0.05) is 16.4 Å². The molecule has 0 aliphatic heterocycles. The van der Waals surface area contributed by atoms with E-state index in [0.717, 1.165) is 28.2 Å². The standard InChI is InChI=1S/C31H34FN3/c1-19-13-9-12-16-27(19)35-28(33-20(2)34-35)23-18-25-22(17-26(23)30(5,6)31(7,8)32)21-14-10-11-15-24(21)29(25,3)4/h9-18H,1-8H3. The van der Waals surface area contributed by atoms with Crippen LogP contribution in [-0.2, 0) is 10.8 Å². The smallest absolute Gasteiger partial charge is 0.163 e. The van der Waals surface area contributed by atoms with Gasteiger partial charge in [0.15, 0.2) is 5.82 Å². The van der Waals surface area contributed by atoms with Gasteiger partial charge in [0.1, 0.15) is 11.5 Å². The van der Waals surface area contributed by atoms with Crippen molar-refractivity contribution in [3.63, 3.8) is 0 Å². The van der Waals surface area contributed by atoms with Gasteiger partial charge in [-0.3, -0.25) is 0 Å². The lowest BCUT2D eigenvalue weighted by Crippen LogP contribution is -2.39. The molecule has 0 spiro atoms. The molecule has 0 unspecified atom stereocenters. The van der Waals surface area contributed by atoms with Crippen molar-refractivity contribution in [2.45, 2.75) is 71.9 Å². The van der Waals surface area contributed by atoms with E-state index in [1.807, 2.05) is 37.6 Å². The Bertz CT molecular complexity index is 1450. The number of aromatic nitrogens is 3. The summed E-state index contributed by atoms with van der Waals surface area (Å²) in [6.45, 7) is 15.8. The van der Waals surface area contributed by atoms with Gasteiger partial charge in [-0.15, -0.1) is 0 Å². The molecule has 1 aliphatic rings. The zero-order valence-corrected chi connectivity index (χ0v) is 22.0. The Hall–Kier alpha value is -3.27. The highest BCUT2D eigenvalue weighted by Gasteiger charge is 2.44. The Balaban J connectivity index is 1.87. The summed E-state index contributed by atoms with van der Waals surface area (Å²) in [5, 5.41) is 4.78. The summed E-state index contributed by atoms with van der Waals surface area (Å²) in [6, 6.07) is 21.2. The van der Waals surface area contributed by atoms with Crippen molar-refractivity contribution in [1.82, 2.24) is 14.8 Å². The van der Waals surface area contributed by atoms with Crippen LogP contribution in [0.25, 0.3) is 28.2 Å². The van der Waals surface area contributed by atoms with Gasteiger partial charge in [0.2, 0.25) is 0 Å². The second-order valence-corrected chi connectivity index (χ2v) is 11.4. The topological polar surface area (TPSA) is 30.7 Å². The number of hydrogen-bond donors (Lipinski definition) is 0. The largest absolute Gasteiger partial charge is 0.244 e. The van der Waals surface area contributed by atoms with E-state index in [-0.39, 0.29) is 5.41 Å². The SMILES string of the molecule is Cc1nc(-c2cc3c(cc2C(C)(C)C(C)(C)F)-c2ccccc2C3(C)C)n(-c2ccccc2C)n1. The fraction of sp³-hybridized carbons (Fsp3) is 0.355. The van der Waals surface area contributed by atoms with Crippen molar-refractivity contribution in [3.05, 3.63) is 88.7 Å². The fourth-order valence-corrected chi connectivity index (χ4v) is 5.33. The lowest BCUT2D eigenvalue weighted by Gasteiger charge is -2.37. The first kappa shape index (κ1) is 23.5. The van der Waals surface area contributed by atoms with Gasteiger partial charge >= 0.3 is 0 Å². The van der Waals surface area contributed by atoms with Crippen LogP contribution in [-0.4, -0.2) is 20.4 Å². The molecule has 5 rings (SSSR count). The third kappa shape index (κ3) is 3.45. The molecule has 1 heterocycles. The third-order valence-electron chi connectivity index (χ3n) is 8.18.